The SMILES string of the molecule is COc1ccc2c(ccn2CC(=O)N[C@]2(C)CCS(=O)(=O)C2)c1. The van der Waals surface area contributed by atoms with Crippen molar-refractivity contribution in [3.63, 3.8) is 0 Å². The normalized spacial score (nSPS) is 23.0. The van der Waals surface area contributed by atoms with Gasteiger partial charge in [0.05, 0.1) is 24.2 Å². The Morgan fingerprint density at radius 3 is 2.83 bits per heavy atom. The molecular weight excluding hydrogens is 316 g/mol. The number of aromatic nitrogens is 1. The van der Waals surface area contributed by atoms with Gasteiger partial charge in [-0.3, -0.25) is 4.79 Å². The Balaban J connectivity index is 1.73. The third-order valence-corrected chi connectivity index (χ3v) is 6.14. The van der Waals surface area contributed by atoms with Gasteiger partial charge in [-0.15, -0.1) is 0 Å². The molecule has 1 aliphatic rings. The maximum absolute atomic E-state index is 12.3. The molecule has 1 aromatic carbocycles. The Labute approximate surface area is 135 Å². The maximum atomic E-state index is 12.3. The Morgan fingerprint density at radius 2 is 2.17 bits per heavy atom. The van der Waals surface area contributed by atoms with Crippen LogP contribution in [0, 0.1) is 0 Å². The number of benzene rings is 1. The minimum absolute atomic E-state index is 0.00929. The van der Waals surface area contributed by atoms with E-state index in [4.69, 9.17) is 4.74 Å². The highest BCUT2D eigenvalue weighted by Gasteiger charge is 2.39. The number of methoxy groups -OCH3 is 1. The molecule has 2 aromatic rings. The lowest BCUT2D eigenvalue weighted by Gasteiger charge is -2.24. The summed E-state index contributed by atoms with van der Waals surface area (Å²) in [6.07, 6.45) is 2.31. The Hall–Kier alpha value is -2.02. The van der Waals surface area contributed by atoms with Crippen molar-refractivity contribution in [2.45, 2.75) is 25.4 Å². The van der Waals surface area contributed by atoms with E-state index in [1.165, 1.54) is 0 Å². The molecule has 0 saturated carbocycles. The molecule has 0 spiro atoms. The molecule has 23 heavy (non-hydrogen) atoms. The summed E-state index contributed by atoms with van der Waals surface area (Å²) in [6.45, 7) is 1.94. The molecule has 2 heterocycles. The molecule has 1 aliphatic heterocycles. The van der Waals surface area contributed by atoms with Crippen molar-refractivity contribution in [1.29, 1.82) is 0 Å². The van der Waals surface area contributed by atoms with Crippen LogP contribution in [0.4, 0.5) is 0 Å². The first-order valence-corrected chi connectivity index (χ1v) is 9.27. The summed E-state index contributed by atoms with van der Waals surface area (Å²) in [4.78, 5) is 12.3. The summed E-state index contributed by atoms with van der Waals surface area (Å²) in [6, 6.07) is 7.59. The second-order valence-electron chi connectivity index (χ2n) is 6.32. The number of sulfone groups is 1. The lowest BCUT2D eigenvalue weighted by Crippen LogP contribution is -2.48. The van der Waals surface area contributed by atoms with Gasteiger partial charge in [-0.05, 0) is 37.6 Å². The van der Waals surface area contributed by atoms with Crippen molar-refractivity contribution in [1.82, 2.24) is 9.88 Å². The van der Waals surface area contributed by atoms with Gasteiger partial charge in [0.2, 0.25) is 5.91 Å². The lowest BCUT2D eigenvalue weighted by atomic mass is 10.0. The van der Waals surface area contributed by atoms with Crippen LogP contribution < -0.4 is 10.1 Å². The van der Waals surface area contributed by atoms with Crippen LogP contribution in [-0.2, 0) is 21.2 Å². The van der Waals surface area contributed by atoms with Gasteiger partial charge in [-0.25, -0.2) is 8.42 Å². The first-order chi connectivity index (χ1) is 10.8. The minimum atomic E-state index is -3.04. The maximum Gasteiger partial charge on any atom is 0.240 e. The van der Waals surface area contributed by atoms with Crippen molar-refractivity contribution < 1.29 is 17.9 Å². The van der Waals surface area contributed by atoms with E-state index < -0.39 is 15.4 Å². The van der Waals surface area contributed by atoms with Crippen molar-refractivity contribution in [3.8, 4) is 5.75 Å². The summed E-state index contributed by atoms with van der Waals surface area (Å²) < 4.78 is 30.3. The summed E-state index contributed by atoms with van der Waals surface area (Å²) >= 11 is 0. The molecule has 1 aromatic heterocycles. The number of hydrogen-bond acceptors (Lipinski definition) is 4. The van der Waals surface area contributed by atoms with Gasteiger partial charge in [0.15, 0.2) is 9.84 Å². The van der Waals surface area contributed by atoms with Crippen molar-refractivity contribution in [3.05, 3.63) is 30.5 Å². The molecule has 0 radical (unpaired) electrons. The van der Waals surface area contributed by atoms with Crippen molar-refractivity contribution in [2.75, 3.05) is 18.6 Å². The highest BCUT2D eigenvalue weighted by atomic mass is 32.2. The topological polar surface area (TPSA) is 77.4 Å². The second-order valence-corrected chi connectivity index (χ2v) is 8.50. The smallest absolute Gasteiger partial charge is 0.240 e. The van der Waals surface area contributed by atoms with E-state index in [9.17, 15) is 13.2 Å². The second kappa shape index (κ2) is 5.56. The van der Waals surface area contributed by atoms with E-state index in [1.807, 2.05) is 35.0 Å². The molecule has 3 rings (SSSR count). The van der Waals surface area contributed by atoms with Crippen molar-refractivity contribution >= 4 is 26.6 Å². The predicted molar refractivity (Wildman–Crippen MR) is 88.3 cm³/mol. The first-order valence-electron chi connectivity index (χ1n) is 7.45. The molecule has 1 fully saturated rings. The molecule has 1 amide bonds. The number of carbonyl (C=O) groups excluding carboxylic acids is 1. The molecule has 1 N–H and O–H groups in total. The predicted octanol–water partition coefficient (Wildman–Crippen LogP) is 1.34. The highest BCUT2D eigenvalue weighted by Crippen LogP contribution is 2.24. The largest absolute Gasteiger partial charge is 0.497 e. The molecule has 0 bridgehead atoms. The van der Waals surface area contributed by atoms with E-state index in [-0.39, 0.29) is 24.0 Å². The van der Waals surface area contributed by atoms with Crippen LogP contribution in [0.1, 0.15) is 13.3 Å². The fourth-order valence-electron chi connectivity index (χ4n) is 3.08. The summed E-state index contributed by atoms with van der Waals surface area (Å²) in [7, 11) is -1.43. The van der Waals surface area contributed by atoms with Crippen LogP contribution in [0.3, 0.4) is 0 Å². The number of hydrogen-bond donors (Lipinski definition) is 1. The average molecular weight is 336 g/mol. The summed E-state index contributed by atoms with van der Waals surface area (Å²) in [5.74, 6) is 0.729. The third kappa shape index (κ3) is 3.34. The molecular formula is C16H20N2O4S. The van der Waals surface area contributed by atoms with Gasteiger partial charge in [0, 0.05) is 17.1 Å². The summed E-state index contributed by atoms with van der Waals surface area (Å²) in [5, 5.41) is 3.87. The summed E-state index contributed by atoms with van der Waals surface area (Å²) in [5.41, 5.74) is 0.271. The number of rotatable bonds is 4. The monoisotopic (exact) mass is 336 g/mol. The van der Waals surface area contributed by atoms with Crippen LogP contribution >= 0.6 is 0 Å². The van der Waals surface area contributed by atoms with Crippen LogP contribution in [0.2, 0.25) is 0 Å². The van der Waals surface area contributed by atoms with Gasteiger partial charge < -0.3 is 14.6 Å². The molecule has 124 valence electrons. The zero-order chi connectivity index (χ0) is 16.7. The van der Waals surface area contributed by atoms with Crippen LogP contribution in [-0.4, -0.2) is 43.0 Å². The van der Waals surface area contributed by atoms with Gasteiger partial charge in [0.1, 0.15) is 12.3 Å². The number of ether oxygens (including phenoxy) is 1. The molecule has 1 atom stereocenters. The van der Waals surface area contributed by atoms with Crippen LogP contribution in [0.25, 0.3) is 10.9 Å². The van der Waals surface area contributed by atoms with Crippen LogP contribution in [0.5, 0.6) is 5.75 Å². The minimum Gasteiger partial charge on any atom is -0.497 e. The molecule has 7 heteroatoms. The zero-order valence-electron chi connectivity index (χ0n) is 13.2. The van der Waals surface area contributed by atoms with E-state index >= 15 is 0 Å². The number of nitrogens with one attached hydrogen (secondary N) is 1. The van der Waals surface area contributed by atoms with E-state index in [1.54, 1.807) is 14.0 Å². The van der Waals surface area contributed by atoms with Gasteiger partial charge in [-0.1, -0.05) is 0 Å². The molecule has 6 nitrogen and oxygen atoms in total. The van der Waals surface area contributed by atoms with E-state index in [2.05, 4.69) is 5.32 Å². The number of amides is 1. The molecule has 0 aliphatic carbocycles. The van der Waals surface area contributed by atoms with E-state index in [0.717, 1.165) is 16.7 Å². The zero-order valence-corrected chi connectivity index (χ0v) is 14.0. The third-order valence-electron chi connectivity index (χ3n) is 4.24. The van der Waals surface area contributed by atoms with Gasteiger partial charge in [-0.2, -0.15) is 0 Å². The van der Waals surface area contributed by atoms with Crippen molar-refractivity contribution in [2.24, 2.45) is 0 Å². The van der Waals surface area contributed by atoms with Gasteiger partial charge in [0.25, 0.3) is 0 Å². The Kier molecular flexibility index (Phi) is 3.83. The number of nitrogens with zero attached hydrogens (tertiary/aromatic N) is 1. The lowest BCUT2D eigenvalue weighted by molar-refractivity contribution is -0.123. The highest BCUT2D eigenvalue weighted by molar-refractivity contribution is 7.91. The first kappa shape index (κ1) is 15.9. The van der Waals surface area contributed by atoms with E-state index in [0.29, 0.717) is 6.42 Å². The number of fused-ring (bicyclic) bond motifs is 1. The Bertz CT molecular complexity index is 856. The quantitative estimate of drug-likeness (QED) is 0.914. The fraction of sp³-hybridized carbons (Fsp3) is 0.438. The van der Waals surface area contributed by atoms with Crippen LogP contribution in [0.15, 0.2) is 30.5 Å². The fourth-order valence-corrected chi connectivity index (χ4v) is 5.18. The number of carbonyl (C=O) groups is 1. The molecule has 0 unspecified atom stereocenters. The Morgan fingerprint density at radius 1 is 1.39 bits per heavy atom. The van der Waals surface area contributed by atoms with Gasteiger partial charge >= 0.3 is 0 Å². The standard InChI is InChI=1S/C16H20N2O4S/c1-16(6-8-23(20,21)11-16)17-15(19)10-18-7-5-12-9-13(22-2)3-4-14(12)18/h3-5,7,9H,6,8,10-11H2,1-2H3,(H,17,19)/t16-/m1/s1. The molecule has 1 saturated heterocycles. The average Bonchev–Trinajstić information content (AvgIpc) is 2.99.